The van der Waals surface area contributed by atoms with Crippen molar-refractivity contribution in [3.63, 3.8) is 0 Å². The number of nitrogens with zero attached hydrogens (tertiary/aromatic N) is 2. The van der Waals surface area contributed by atoms with Gasteiger partial charge in [0.25, 0.3) is 6.01 Å². The van der Waals surface area contributed by atoms with E-state index in [1.165, 1.54) is 6.26 Å². The Kier molecular flexibility index (Phi) is 5.16. The second-order valence-electron chi connectivity index (χ2n) is 3.58. The Morgan fingerprint density at radius 3 is 2.89 bits per heavy atom. The summed E-state index contributed by atoms with van der Waals surface area (Å²) in [5, 5.41) is 2.52. The molecule has 0 aromatic carbocycles. The maximum absolute atomic E-state index is 11.4. The van der Waals surface area contributed by atoms with Crippen molar-refractivity contribution in [3.05, 3.63) is 12.0 Å². The number of anilines is 1. The van der Waals surface area contributed by atoms with Crippen LogP contribution in [0, 0.1) is 0 Å². The van der Waals surface area contributed by atoms with E-state index in [0.717, 1.165) is 0 Å². The Morgan fingerprint density at radius 2 is 2.28 bits per heavy atom. The molecule has 0 spiro atoms. The summed E-state index contributed by atoms with van der Waals surface area (Å²) in [7, 11) is 3.30. The summed E-state index contributed by atoms with van der Waals surface area (Å²) >= 11 is 0. The summed E-state index contributed by atoms with van der Waals surface area (Å²) in [6, 6.07) is 0.280. The van der Waals surface area contributed by atoms with Crippen molar-refractivity contribution in [1.29, 1.82) is 0 Å². The highest BCUT2D eigenvalue weighted by atomic mass is 16.5. The Labute approximate surface area is 105 Å². The highest BCUT2D eigenvalue weighted by Crippen LogP contribution is 2.12. The molecule has 7 heteroatoms. The number of nitrogens with one attached hydrogen (secondary N) is 1. The maximum atomic E-state index is 11.4. The second kappa shape index (κ2) is 6.63. The zero-order valence-electron chi connectivity index (χ0n) is 10.7. The van der Waals surface area contributed by atoms with Gasteiger partial charge in [-0.3, -0.25) is 4.79 Å². The van der Waals surface area contributed by atoms with Crippen molar-refractivity contribution >= 4 is 17.9 Å². The number of hydrogen-bond donors (Lipinski definition) is 1. The van der Waals surface area contributed by atoms with Crippen LogP contribution in [0.5, 0.6) is 0 Å². The highest BCUT2D eigenvalue weighted by molar-refractivity contribution is 5.87. The molecule has 1 amide bonds. The molecule has 0 aliphatic rings. The molecule has 0 bridgehead atoms. The quantitative estimate of drug-likeness (QED) is 0.742. The molecule has 100 valence electrons. The topological polar surface area (TPSA) is 84.7 Å². The molecular formula is C11H17N3O4. The van der Waals surface area contributed by atoms with E-state index in [-0.39, 0.29) is 24.2 Å². The predicted molar refractivity (Wildman–Crippen MR) is 64.4 cm³/mol. The number of esters is 1. The third kappa shape index (κ3) is 3.76. The fraction of sp³-hybridized carbons (Fsp3) is 0.545. The first-order chi connectivity index (χ1) is 8.58. The van der Waals surface area contributed by atoms with Crippen LogP contribution in [0.1, 0.15) is 23.8 Å². The van der Waals surface area contributed by atoms with Gasteiger partial charge in [0.15, 0.2) is 5.69 Å². The zero-order valence-corrected chi connectivity index (χ0v) is 10.7. The van der Waals surface area contributed by atoms with Gasteiger partial charge < -0.3 is 19.4 Å². The van der Waals surface area contributed by atoms with Gasteiger partial charge in [0.05, 0.1) is 6.61 Å². The van der Waals surface area contributed by atoms with Crippen LogP contribution >= 0.6 is 0 Å². The van der Waals surface area contributed by atoms with Crippen molar-refractivity contribution in [2.45, 2.75) is 13.3 Å². The molecule has 0 saturated carbocycles. The number of carbonyl (C=O) groups is 2. The summed E-state index contributed by atoms with van der Waals surface area (Å²) in [5.41, 5.74) is 0.124. The van der Waals surface area contributed by atoms with Crippen molar-refractivity contribution in [2.24, 2.45) is 0 Å². The van der Waals surface area contributed by atoms with E-state index >= 15 is 0 Å². The molecule has 0 radical (unpaired) electrons. The number of ether oxygens (including phenoxy) is 1. The standard InChI is InChI=1S/C11H17N3O4/c1-4-17-10(16)8-7-18-11(13-8)14(3)6-5-9(15)12-2/h7H,4-6H2,1-3H3,(H,12,15). The van der Waals surface area contributed by atoms with E-state index in [4.69, 9.17) is 9.15 Å². The lowest BCUT2D eigenvalue weighted by molar-refractivity contribution is -0.120. The molecule has 0 saturated heterocycles. The zero-order chi connectivity index (χ0) is 13.5. The summed E-state index contributed by atoms with van der Waals surface area (Å²) in [4.78, 5) is 28.1. The predicted octanol–water partition coefficient (Wildman–Crippen LogP) is 0.424. The molecule has 0 atom stereocenters. The van der Waals surface area contributed by atoms with Crippen molar-refractivity contribution in [1.82, 2.24) is 10.3 Å². The van der Waals surface area contributed by atoms with Crippen LogP contribution in [-0.4, -0.2) is 44.1 Å². The number of rotatable bonds is 6. The molecule has 1 N–H and O–H groups in total. The van der Waals surface area contributed by atoms with Crippen LogP contribution in [-0.2, 0) is 9.53 Å². The molecule has 0 aliphatic heterocycles. The SMILES string of the molecule is CCOC(=O)c1coc(N(C)CCC(=O)NC)n1. The van der Waals surface area contributed by atoms with E-state index in [1.54, 1.807) is 25.9 Å². The Morgan fingerprint density at radius 1 is 1.56 bits per heavy atom. The Hall–Kier alpha value is -2.05. The molecule has 7 nitrogen and oxygen atoms in total. The van der Waals surface area contributed by atoms with Crippen LogP contribution in [0.2, 0.25) is 0 Å². The third-order valence-corrected chi connectivity index (χ3v) is 2.26. The van der Waals surface area contributed by atoms with Crippen molar-refractivity contribution < 1.29 is 18.7 Å². The van der Waals surface area contributed by atoms with E-state index in [1.807, 2.05) is 0 Å². The molecule has 1 rings (SSSR count). The molecule has 0 fully saturated rings. The smallest absolute Gasteiger partial charge is 0.360 e. The lowest BCUT2D eigenvalue weighted by Crippen LogP contribution is -2.26. The van der Waals surface area contributed by atoms with Gasteiger partial charge in [-0.15, -0.1) is 0 Å². The van der Waals surface area contributed by atoms with Gasteiger partial charge in [-0.25, -0.2) is 4.79 Å². The highest BCUT2D eigenvalue weighted by Gasteiger charge is 2.15. The Balaban J connectivity index is 2.56. The number of oxazole rings is 1. The lowest BCUT2D eigenvalue weighted by Gasteiger charge is -2.13. The monoisotopic (exact) mass is 255 g/mol. The first kappa shape index (κ1) is 14.0. The summed E-state index contributed by atoms with van der Waals surface area (Å²) in [5.74, 6) is -0.591. The Bertz CT molecular complexity index is 416. The largest absolute Gasteiger partial charge is 0.461 e. The summed E-state index contributed by atoms with van der Waals surface area (Å²) < 4.78 is 9.93. The fourth-order valence-electron chi connectivity index (χ4n) is 1.23. The first-order valence-corrected chi connectivity index (χ1v) is 5.62. The second-order valence-corrected chi connectivity index (χ2v) is 3.58. The van der Waals surface area contributed by atoms with Crippen LogP contribution < -0.4 is 10.2 Å². The van der Waals surface area contributed by atoms with Crippen LogP contribution in [0.15, 0.2) is 10.7 Å². The number of amides is 1. The molecule has 0 aliphatic carbocycles. The summed E-state index contributed by atoms with van der Waals surface area (Å²) in [6.45, 7) is 2.45. The maximum Gasteiger partial charge on any atom is 0.360 e. The molecule has 1 aromatic rings. The van der Waals surface area contributed by atoms with Gasteiger partial charge in [-0.1, -0.05) is 0 Å². The van der Waals surface area contributed by atoms with Crippen LogP contribution in [0.25, 0.3) is 0 Å². The minimum Gasteiger partial charge on any atom is -0.461 e. The normalized spacial score (nSPS) is 9.94. The molecule has 1 aromatic heterocycles. The van der Waals surface area contributed by atoms with Gasteiger partial charge in [0.1, 0.15) is 6.26 Å². The van der Waals surface area contributed by atoms with Gasteiger partial charge in [-0.2, -0.15) is 4.98 Å². The number of carbonyl (C=O) groups excluding carboxylic acids is 2. The van der Waals surface area contributed by atoms with Crippen molar-refractivity contribution in [3.8, 4) is 0 Å². The van der Waals surface area contributed by atoms with Gasteiger partial charge in [0.2, 0.25) is 5.91 Å². The fourth-order valence-corrected chi connectivity index (χ4v) is 1.23. The summed E-state index contributed by atoms with van der Waals surface area (Å²) in [6.07, 6.45) is 1.56. The molecule has 18 heavy (non-hydrogen) atoms. The molecule has 0 unspecified atom stereocenters. The van der Waals surface area contributed by atoms with E-state index in [9.17, 15) is 9.59 Å². The van der Waals surface area contributed by atoms with Gasteiger partial charge >= 0.3 is 5.97 Å². The average Bonchev–Trinajstić information content (AvgIpc) is 2.85. The third-order valence-electron chi connectivity index (χ3n) is 2.26. The van der Waals surface area contributed by atoms with Crippen LogP contribution in [0.4, 0.5) is 6.01 Å². The van der Waals surface area contributed by atoms with Crippen molar-refractivity contribution in [2.75, 3.05) is 32.1 Å². The lowest BCUT2D eigenvalue weighted by atomic mass is 10.4. The minimum atomic E-state index is -0.521. The minimum absolute atomic E-state index is 0.0703. The first-order valence-electron chi connectivity index (χ1n) is 5.62. The van der Waals surface area contributed by atoms with E-state index < -0.39 is 5.97 Å². The number of hydrogen-bond acceptors (Lipinski definition) is 6. The number of aromatic nitrogens is 1. The van der Waals surface area contributed by atoms with E-state index in [0.29, 0.717) is 13.0 Å². The van der Waals surface area contributed by atoms with E-state index in [2.05, 4.69) is 10.3 Å². The van der Waals surface area contributed by atoms with Crippen LogP contribution in [0.3, 0.4) is 0 Å². The average molecular weight is 255 g/mol. The van der Waals surface area contributed by atoms with Gasteiger partial charge in [0, 0.05) is 27.1 Å². The molecule has 1 heterocycles. The molecular weight excluding hydrogens is 238 g/mol. The van der Waals surface area contributed by atoms with Gasteiger partial charge in [-0.05, 0) is 6.92 Å².